The van der Waals surface area contributed by atoms with Crippen molar-refractivity contribution >= 4 is 31.9 Å². The predicted molar refractivity (Wildman–Crippen MR) is 48.5 cm³/mol. The van der Waals surface area contributed by atoms with Crippen LogP contribution < -0.4 is 0 Å². The highest BCUT2D eigenvalue weighted by Gasteiger charge is 2.40. The molecule has 0 aromatic heterocycles. The van der Waals surface area contributed by atoms with Gasteiger partial charge in [0.1, 0.15) is 0 Å². The molecule has 0 aromatic rings. The monoisotopic (exact) mass is 254 g/mol. The van der Waals surface area contributed by atoms with Crippen molar-refractivity contribution in [2.24, 2.45) is 5.41 Å². The van der Waals surface area contributed by atoms with E-state index < -0.39 is 0 Å². The van der Waals surface area contributed by atoms with Gasteiger partial charge in [-0.2, -0.15) is 0 Å². The van der Waals surface area contributed by atoms with E-state index in [2.05, 4.69) is 31.9 Å². The summed E-state index contributed by atoms with van der Waals surface area (Å²) in [5.41, 5.74) is 0.757. The molecule has 1 aliphatic carbocycles. The second kappa shape index (κ2) is 3.38. The summed E-state index contributed by atoms with van der Waals surface area (Å²) < 4.78 is 0. The van der Waals surface area contributed by atoms with Crippen LogP contribution >= 0.6 is 31.9 Å². The van der Waals surface area contributed by atoms with E-state index in [-0.39, 0.29) is 0 Å². The van der Waals surface area contributed by atoms with Crippen LogP contribution in [0.15, 0.2) is 0 Å². The first-order valence-electron chi connectivity index (χ1n) is 3.45. The maximum absolute atomic E-state index is 3.48. The Bertz CT molecular complexity index is 78.9. The lowest BCUT2D eigenvalue weighted by Crippen LogP contribution is -2.00. The molecule has 0 saturated heterocycles. The minimum Gasteiger partial charge on any atom is -0.0928 e. The Labute approximate surface area is 73.7 Å². The molecule has 1 fully saturated rings. The fourth-order valence-electron chi connectivity index (χ4n) is 1.20. The van der Waals surface area contributed by atoms with E-state index in [4.69, 9.17) is 0 Å². The van der Waals surface area contributed by atoms with Crippen molar-refractivity contribution in [1.82, 2.24) is 0 Å². The lowest BCUT2D eigenvalue weighted by atomic mass is 10.0. The van der Waals surface area contributed by atoms with Crippen LogP contribution in [-0.4, -0.2) is 10.7 Å². The second-order valence-electron chi connectivity index (χ2n) is 2.88. The summed E-state index contributed by atoms with van der Waals surface area (Å²) >= 11 is 6.96. The van der Waals surface area contributed by atoms with Crippen LogP contribution in [0.3, 0.4) is 0 Å². The average Bonchev–Trinajstić information content (AvgIpc) is 2.51. The molecule has 1 rings (SSSR count). The van der Waals surface area contributed by atoms with E-state index in [9.17, 15) is 0 Å². The first kappa shape index (κ1) is 8.06. The topological polar surface area (TPSA) is 0 Å². The molecule has 0 radical (unpaired) electrons. The summed E-state index contributed by atoms with van der Waals surface area (Å²) in [6.07, 6.45) is 5.67. The SMILES string of the molecule is BrCCC1(CCBr)CC1. The molecule has 54 valence electrons. The average molecular weight is 256 g/mol. The molecule has 1 aliphatic rings. The van der Waals surface area contributed by atoms with Crippen molar-refractivity contribution in [3.05, 3.63) is 0 Å². The van der Waals surface area contributed by atoms with Crippen molar-refractivity contribution in [3.63, 3.8) is 0 Å². The van der Waals surface area contributed by atoms with Crippen molar-refractivity contribution in [2.75, 3.05) is 10.7 Å². The molecule has 0 nitrogen and oxygen atoms in total. The van der Waals surface area contributed by atoms with Gasteiger partial charge >= 0.3 is 0 Å². The lowest BCUT2D eigenvalue weighted by Gasteiger charge is -2.09. The quantitative estimate of drug-likeness (QED) is 0.676. The van der Waals surface area contributed by atoms with Gasteiger partial charge in [0.2, 0.25) is 0 Å². The molecule has 0 heterocycles. The maximum Gasteiger partial charge on any atom is 0.00365 e. The molecule has 0 spiro atoms. The van der Waals surface area contributed by atoms with E-state index in [1.807, 2.05) is 0 Å². The smallest absolute Gasteiger partial charge is 0.00365 e. The number of alkyl halides is 2. The lowest BCUT2D eigenvalue weighted by molar-refractivity contribution is 0.485. The predicted octanol–water partition coefficient (Wildman–Crippen LogP) is 3.34. The highest BCUT2D eigenvalue weighted by atomic mass is 79.9. The third kappa shape index (κ3) is 2.23. The first-order valence-corrected chi connectivity index (χ1v) is 5.69. The second-order valence-corrected chi connectivity index (χ2v) is 4.46. The maximum atomic E-state index is 3.48. The first-order chi connectivity index (χ1) is 4.33. The van der Waals surface area contributed by atoms with Gasteiger partial charge in [-0.15, -0.1) is 0 Å². The summed E-state index contributed by atoms with van der Waals surface area (Å²) in [4.78, 5) is 0. The Morgan fingerprint density at radius 1 is 1.00 bits per heavy atom. The molecule has 0 aromatic carbocycles. The largest absolute Gasteiger partial charge is 0.0928 e. The van der Waals surface area contributed by atoms with Crippen LogP contribution in [-0.2, 0) is 0 Å². The van der Waals surface area contributed by atoms with Gasteiger partial charge in [0.25, 0.3) is 0 Å². The van der Waals surface area contributed by atoms with Crippen LogP contribution in [0.2, 0.25) is 0 Å². The Kier molecular flexibility index (Phi) is 3.03. The minimum atomic E-state index is 0.757. The highest BCUT2D eigenvalue weighted by molar-refractivity contribution is 9.09. The van der Waals surface area contributed by atoms with Crippen LogP contribution in [0.25, 0.3) is 0 Å². The van der Waals surface area contributed by atoms with Crippen LogP contribution in [0.4, 0.5) is 0 Å². The molecule has 2 heteroatoms. The molecule has 0 bridgehead atoms. The van der Waals surface area contributed by atoms with Crippen LogP contribution in [0.5, 0.6) is 0 Å². The number of hydrogen-bond acceptors (Lipinski definition) is 0. The zero-order valence-corrected chi connectivity index (χ0v) is 8.67. The fourth-order valence-corrected chi connectivity index (χ4v) is 2.88. The molecule has 0 amide bonds. The van der Waals surface area contributed by atoms with Crippen LogP contribution in [0.1, 0.15) is 25.7 Å². The van der Waals surface area contributed by atoms with Gasteiger partial charge < -0.3 is 0 Å². The molecule has 1 saturated carbocycles. The van der Waals surface area contributed by atoms with Gasteiger partial charge in [-0.3, -0.25) is 0 Å². The molecule has 0 aliphatic heterocycles. The summed E-state index contributed by atoms with van der Waals surface area (Å²) in [5.74, 6) is 0. The third-order valence-corrected chi connectivity index (χ3v) is 3.00. The molecule has 9 heavy (non-hydrogen) atoms. The minimum absolute atomic E-state index is 0.757. The van der Waals surface area contributed by atoms with Crippen molar-refractivity contribution in [3.8, 4) is 0 Å². The summed E-state index contributed by atoms with van der Waals surface area (Å²) in [6, 6.07) is 0. The molecule has 0 N–H and O–H groups in total. The zero-order chi connectivity index (χ0) is 6.74. The van der Waals surface area contributed by atoms with Gasteiger partial charge in [-0.05, 0) is 31.1 Å². The van der Waals surface area contributed by atoms with Gasteiger partial charge in [-0.25, -0.2) is 0 Å². The Morgan fingerprint density at radius 2 is 1.44 bits per heavy atom. The van der Waals surface area contributed by atoms with Crippen molar-refractivity contribution in [2.45, 2.75) is 25.7 Å². The van der Waals surface area contributed by atoms with E-state index in [0.29, 0.717) is 0 Å². The summed E-state index contributed by atoms with van der Waals surface area (Å²) in [5, 5.41) is 2.36. The standard InChI is InChI=1S/C7H12Br2/c8-5-3-7(1-2-7)4-6-9/h1-6H2. The van der Waals surface area contributed by atoms with Gasteiger partial charge in [0, 0.05) is 10.7 Å². The van der Waals surface area contributed by atoms with Crippen LogP contribution in [0, 0.1) is 5.41 Å². The van der Waals surface area contributed by atoms with Gasteiger partial charge in [0.05, 0.1) is 0 Å². The van der Waals surface area contributed by atoms with Gasteiger partial charge in [-0.1, -0.05) is 31.9 Å². The Hall–Kier alpha value is 0.960. The Balaban J connectivity index is 2.17. The zero-order valence-electron chi connectivity index (χ0n) is 5.50. The van der Waals surface area contributed by atoms with E-state index in [1.54, 1.807) is 0 Å². The Morgan fingerprint density at radius 3 is 1.67 bits per heavy atom. The van der Waals surface area contributed by atoms with Crippen molar-refractivity contribution < 1.29 is 0 Å². The molecular formula is C7H12Br2. The highest BCUT2D eigenvalue weighted by Crippen LogP contribution is 2.52. The fraction of sp³-hybridized carbons (Fsp3) is 1.00. The number of hydrogen-bond donors (Lipinski definition) is 0. The summed E-state index contributed by atoms with van der Waals surface area (Å²) in [7, 11) is 0. The summed E-state index contributed by atoms with van der Waals surface area (Å²) in [6.45, 7) is 0. The van der Waals surface area contributed by atoms with E-state index in [1.165, 1.54) is 36.3 Å². The number of halogens is 2. The molecule has 0 atom stereocenters. The van der Waals surface area contributed by atoms with E-state index in [0.717, 1.165) is 5.41 Å². The molecular weight excluding hydrogens is 244 g/mol. The van der Waals surface area contributed by atoms with E-state index >= 15 is 0 Å². The normalized spacial score (nSPS) is 22.0. The third-order valence-electron chi connectivity index (χ3n) is 2.21. The molecule has 0 unspecified atom stereocenters. The van der Waals surface area contributed by atoms with Crippen molar-refractivity contribution in [1.29, 1.82) is 0 Å². The van der Waals surface area contributed by atoms with Gasteiger partial charge in [0.15, 0.2) is 0 Å². The number of rotatable bonds is 4.